The highest BCUT2D eigenvalue weighted by molar-refractivity contribution is 6.13. The highest BCUT2D eigenvalue weighted by Gasteiger charge is 2.28. The summed E-state index contributed by atoms with van der Waals surface area (Å²) in [6, 6.07) is 5.69. The van der Waals surface area contributed by atoms with Crippen LogP contribution in [0.2, 0.25) is 0 Å². The van der Waals surface area contributed by atoms with E-state index in [4.69, 9.17) is 5.11 Å². The summed E-state index contributed by atoms with van der Waals surface area (Å²) in [6.07, 6.45) is 0.184. The Balaban J connectivity index is 2.26. The third-order valence-corrected chi connectivity index (χ3v) is 2.22. The second kappa shape index (κ2) is 3.77. The van der Waals surface area contributed by atoms with E-state index < -0.39 is 5.91 Å². The normalized spacial score (nSPS) is 15.2. The first kappa shape index (κ1) is 10.4. The van der Waals surface area contributed by atoms with Gasteiger partial charge in [0.15, 0.2) is 0 Å². The first-order valence-corrected chi connectivity index (χ1v) is 4.78. The number of imide groups is 1. The minimum Gasteiger partial charge on any atom is -0.508 e. The number of rotatable bonds is 1. The van der Waals surface area contributed by atoms with Crippen LogP contribution in [0.25, 0.3) is 0 Å². The fourth-order valence-electron chi connectivity index (χ4n) is 1.44. The Morgan fingerprint density at radius 1 is 1.38 bits per heavy atom. The maximum atomic E-state index is 11.8. The number of amides is 2. The minimum absolute atomic E-state index is 0.0731. The molecule has 0 spiro atoms. The second-order valence-corrected chi connectivity index (χ2v) is 3.57. The Kier molecular flexibility index (Phi) is 2.44. The van der Waals surface area contributed by atoms with Crippen LogP contribution in [-0.4, -0.2) is 27.6 Å². The van der Waals surface area contributed by atoms with Crippen molar-refractivity contribution >= 4 is 17.5 Å². The smallest absolute Gasteiger partial charge is 0.281 e. The lowest BCUT2D eigenvalue weighted by atomic mass is 10.2. The molecule has 0 radical (unpaired) electrons. The number of benzene rings is 1. The molecule has 0 fully saturated rings. The van der Waals surface area contributed by atoms with Crippen molar-refractivity contribution in [2.45, 2.75) is 13.3 Å². The zero-order chi connectivity index (χ0) is 11.7. The summed E-state index contributed by atoms with van der Waals surface area (Å²) in [5.41, 5.74) is 0.946. The molecule has 1 N–H and O–H groups in total. The fourth-order valence-corrected chi connectivity index (χ4v) is 1.44. The molecule has 0 aliphatic carbocycles. The number of hydrogen-bond donors (Lipinski definition) is 1. The molecule has 0 aromatic heterocycles. The Labute approximate surface area is 92.0 Å². The van der Waals surface area contributed by atoms with Crippen molar-refractivity contribution in [3.8, 4) is 5.75 Å². The lowest BCUT2D eigenvalue weighted by molar-refractivity contribution is -0.126. The van der Waals surface area contributed by atoms with Gasteiger partial charge in [-0.3, -0.25) is 9.59 Å². The number of phenolic OH excluding ortho intramolecular Hbond substituents is 1. The highest BCUT2D eigenvalue weighted by Crippen LogP contribution is 2.15. The van der Waals surface area contributed by atoms with Crippen LogP contribution < -0.4 is 0 Å². The number of nitrogens with zero attached hydrogens (tertiary/aromatic N) is 2. The molecule has 1 aromatic carbocycles. The van der Waals surface area contributed by atoms with E-state index in [1.54, 1.807) is 6.92 Å². The SMILES string of the molecule is CC1=NN(C(=O)c2ccc(O)cc2)C(=O)C1. The van der Waals surface area contributed by atoms with Gasteiger partial charge >= 0.3 is 0 Å². The average Bonchev–Trinajstić information content (AvgIpc) is 2.58. The quantitative estimate of drug-likeness (QED) is 0.718. The van der Waals surface area contributed by atoms with E-state index in [1.165, 1.54) is 24.3 Å². The third-order valence-electron chi connectivity index (χ3n) is 2.22. The average molecular weight is 218 g/mol. The van der Waals surface area contributed by atoms with Crippen molar-refractivity contribution in [2.24, 2.45) is 5.10 Å². The molecule has 0 saturated heterocycles. The molecule has 5 nitrogen and oxygen atoms in total. The van der Waals surface area contributed by atoms with E-state index in [-0.39, 0.29) is 18.1 Å². The van der Waals surface area contributed by atoms with Gasteiger partial charge in [-0.05, 0) is 31.2 Å². The number of carbonyl (C=O) groups excluding carboxylic acids is 2. The van der Waals surface area contributed by atoms with Crippen LogP contribution in [0, 0.1) is 0 Å². The number of hydrogen-bond acceptors (Lipinski definition) is 4. The fraction of sp³-hybridized carbons (Fsp3) is 0.182. The zero-order valence-corrected chi connectivity index (χ0v) is 8.67. The maximum absolute atomic E-state index is 11.8. The van der Waals surface area contributed by atoms with Gasteiger partial charge in [-0.2, -0.15) is 10.1 Å². The van der Waals surface area contributed by atoms with Crippen molar-refractivity contribution in [2.75, 3.05) is 0 Å². The predicted octanol–water partition coefficient (Wildman–Crippen LogP) is 1.14. The molecule has 1 aliphatic heterocycles. The van der Waals surface area contributed by atoms with Gasteiger partial charge in [-0.15, -0.1) is 0 Å². The summed E-state index contributed by atoms with van der Waals surface area (Å²) in [6.45, 7) is 1.70. The second-order valence-electron chi connectivity index (χ2n) is 3.57. The van der Waals surface area contributed by atoms with Crippen LogP contribution in [0.5, 0.6) is 5.75 Å². The molecule has 0 atom stereocenters. The molecular weight excluding hydrogens is 208 g/mol. The van der Waals surface area contributed by atoms with Gasteiger partial charge in [0.25, 0.3) is 11.8 Å². The van der Waals surface area contributed by atoms with Crippen molar-refractivity contribution < 1.29 is 14.7 Å². The first-order valence-electron chi connectivity index (χ1n) is 4.78. The van der Waals surface area contributed by atoms with E-state index >= 15 is 0 Å². The number of hydrazone groups is 1. The van der Waals surface area contributed by atoms with Crippen LogP contribution in [-0.2, 0) is 4.79 Å². The van der Waals surface area contributed by atoms with E-state index in [2.05, 4.69) is 5.10 Å². The zero-order valence-electron chi connectivity index (χ0n) is 8.67. The van der Waals surface area contributed by atoms with Crippen molar-refractivity contribution in [3.63, 3.8) is 0 Å². The number of aromatic hydroxyl groups is 1. The topological polar surface area (TPSA) is 70.0 Å². The van der Waals surface area contributed by atoms with Crippen molar-refractivity contribution in [1.29, 1.82) is 0 Å². The molecule has 0 saturated carbocycles. The molecule has 82 valence electrons. The molecule has 0 unspecified atom stereocenters. The van der Waals surface area contributed by atoms with Gasteiger partial charge in [0.1, 0.15) is 5.75 Å². The van der Waals surface area contributed by atoms with E-state index in [9.17, 15) is 9.59 Å². The molecular formula is C11H10N2O3. The van der Waals surface area contributed by atoms with Gasteiger partial charge in [-0.25, -0.2) is 0 Å². The Bertz CT molecular complexity index is 477. The van der Waals surface area contributed by atoms with Crippen molar-refractivity contribution in [3.05, 3.63) is 29.8 Å². The van der Waals surface area contributed by atoms with Crippen LogP contribution in [0.1, 0.15) is 23.7 Å². The van der Waals surface area contributed by atoms with Gasteiger partial charge in [0.2, 0.25) is 0 Å². The monoisotopic (exact) mass is 218 g/mol. The largest absolute Gasteiger partial charge is 0.508 e. The molecule has 2 amide bonds. The van der Waals surface area contributed by atoms with Crippen LogP contribution >= 0.6 is 0 Å². The lowest BCUT2D eigenvalue weighted by Crippen LogP contribution is -2.28. The van der Waals surface area contributed by atoms with Gasteiger partial charge in [-0.1, -0.05) is 0 Å². The third kappa shape index (κ3) is 1.79. The molecule has 5 heteroatoms. The molecule has 1 aliphatic rings. The van der Waals surface area contributed by atoms with Crippen molar-refractivity contribution in [1.82, 2.24) is 5.01 Å². The van der Waals surface area contributed by atoms with E-state index in [0.717, 1.165) is 5.01 Å². The predicted molar refractivity (Wildman–Crippen MR) is 57.0 cm³/mol. The minimum atomic E-state index is -0.471. The van der Waals surface area contributed by atoms with Crippen LogP contribution in [0.15, 0.2) is 29.4 Å². The summed E-state index contributed by atoms with van der Waals surface area (Å²) in [5.74, 6) is -0.721. The Morgan fingerprint density at radius 3 is 2.50 bits per heavy atom. The standard InChI is InChI=1S/C11H10N2O3/c1-7-6-10(15)13(12-7)11(16)8-2-4-9(14)5-3-8/h2-5,14H,6H2,1H3. The van der Waals surface area contributed by atoms with Gasteiger partial charge in [0.05, 0.1) is 6.42 Å². The molecule has 0 bridgehead atoms. The maximum Gasteiger partial charge on any atom is 0.281 e. The Hall–Kier alpha value is -2.17. The summed E-state index contributed by atoms with van der Waals surface area (Å²) < 4.78 is 0. The highest BCUT2D eigenvalue weighted by atomic mass is 16.3. The molecule has 1 heterocycles. The van der Waals surface area contributed by atoms with Gasteiger partial charge < -0.3 is 5.11 Å². The first-order chi connectivity index (χ1) is 7.58. The van der Waals surface area contributed by atoms with Gasteiger partial charge in [0, 0.05) is 11.3 Å². The van der Waals surface area contributed by atoms with Crippen LogP contribution in [0.4, 0.5) is 0 Å². The molecule has 2 rings (SSSR count). The van der Waals surface area contributed by atoms with E-state index in [0.29, 0.717) is 11.3 Å². The number of carbonyl (C=O) groups is 2. The molecule has 1 aromatic rings. The summed E-state index contributed by atoms with van der Waals surface area (Å²) in [4.78, 5) is 23.2. The number of phenols is 1. The summed E-state index contributed by atoms with van der Waals surface area (Å²) in [5, 5.41) is 13.8. The lowest BCUT2D eigenvalue weighted by Gasteiger charge is -2.09. The summed E-state index contributed by atoms with van der Waals surface area (Å²) in [7, 11) is 0. The Morgan fingerprint density at radius 2 is 2.00 bits per heavy atom. The summed E-state index contributed by atoms with van der Waals surface area (Å²) >= 11 is 0. The van der Waals surface area contributed by atoms with E-state index in [1.807, 2.05) is 0 Å². The van der Waals surface area contributed by atoms with Crippen LogP contribution in [0.3, 0.4) is 0 Å². The molecule has 16 heavy (non-hydrogen) atoms.